The van der Waals surface area contributed by atoms with Crippen molar-refractivity contribution in [1.29, 1.82) is 0 Å². The number of hydrogen-bond acceptors (Lipinski definition) is 2. The first-order chi connectivity index (χ1) is 8.36. The Morgan fingerprint density at radius 3 is 2.56 bits per heavy atom. The lowest BCUT2D eigenvalue weighted by molar-refractivity contribution is -0.173. The summed E-state index contributed by atoms with van der Waals surface area (Å²) in [4.78, 5) is 0. The normalized spacial score (nSPS) is 34.9. The zero-order valence-electron chi connectivity index (χ0n) is 10.3. The number of aromatic nitrogens is 2. The molecular weight excluding hydrogens is 243 g/mol. The van der Waals surface area contributed by atoms with Crippen LogP contribution in [0.4, 0.5) is 19.0 Å². The molecule has 0 saturated heterocycles. The summed E-state index contributed by atoms with van der Waals surface area (Å²) >= 11 is 0. The highest BCUT2D eigenvalue weighted by Gasteiger charge is 2.46. The number of halogens is 3. The molecule has 4 atom stereocenters. The van der Waals surface area contributed by atoms with E-state index in [0.29, 0.717) is 17.7 Å². The zero-order valence-corrected chi connectivity index (χ0v) is 10.3. The van der Waals surface area contributed by atoms with Gasteiger partial charge in [-0.1, -0.05) is 6.92 Å². The fourth-order valence-electron chi connectivity index (χ4n) is 2.69. The molecule has 4 unspecified atom stereocenters. The summed E-state index contributed by atoms with van der Waals surface area (Å²) in [6.45, 7) is 3.87. The van der Waals surface area contributed by atoms with Gasteiger partial charge in [0.2, 0.25) is 0 Å². The number of hydrogen-bond donors (Lipinski definition) is 1. The number of nitrogens with zero attached hydrogens (tertiary/aromatic N) is 2. The zero-order chi connectivity index (χ0) is 13.1. The minimum Gasteiger partial charge on any atom is -0.368 e. The van der Waals surface area contributed by atoms with E-state index in [1.54, 1.807) is 13.0 Å². The van der Waals surface area contributed by atoms with Crippen LogP contribution in [0, 0.1) is 5.92 Å². The lowest BCUT2D eigenvalue weighted by atomic mass is 10.1. The number of anilines is 1. The molecule has 1 aliphatic heterocycles. The standard InChI is InChI=1S/C12H16F3N3/c1-6-3-8(6)9-5-11-16-7(2)4-10(12(13,14)15)18(11)17-9/h5-8,10,16H,3-4H2,1-2H3. The van der Waals surface area contributed by atoms with Gasteiger partial charge in [0.1, 0.15) is 5.82 Å². The third-order valence-corrected chi connectivity index (χ3v) is 3.89. The third-order valence-electron chi connectivity index (χ3n) is 3.89. The van der Waals surface area contributed by atoms with Gasteiger partial charge in [0.15, 0.2) is 6.04 Å². The van der Waals surface area contributed by atoms with Gasteiger partial charge in [-0.25, -0.2) is 4.68 Å². The van der Waals surface area contributed by atoms with Gasteiger partial charge in [-0.2, -0.15) is 18.3 Å². The van der Waals surface area contributed by atoms with Crippen LogP contribution in [0.2, 0.25) is 0 Å². The predicted molar refractivity (Wildman–Crippen MR) is 61.5 cm³/mol. The molecule has 1 aromatic rings. The van der Waals surface area contributed by atoms with Crippen LogP contribution in [0.5, 0.6) is 0 Å². The first-order valence-electron chi connectivity index (χ1n) is 6.29. The largest absolute Gasteiger partial charge is 0.410 e. The average Bonchev–Trinajstić information content (AvgIpc) is 2.83. The molecule has 6 heteroatoms. The van der Waals surface area contributed by atoms with Gasteiger partial charge >= 0.3 is 6.18 Å². The molecule has 3 nitrogen and oxygen atoms in total. The molecule has 0 amide bonds. The summed E-state index contributed by atoms with van der Waals surface area (Å²) in [5.74, 6) is 1.39. The Morgan fingerprint density at radius 2 is 2.00 bits per heavy atom. The maximum Gasteiger partial charge on any atom is 0.410 e. The molecule has 2 heterocycles. The lowest BCUT2D eigenvalue weighted by Crippen LogP contribution is -2.37. The van der Waals surface area contributed by atoms with Gasteiger partial charge in [0.05, 0.1) is 5.69 Å². The van der Waals surface area contributed by atoms with Crippen molar-refractivity contribution >= 4 is 5.82 Å². The summed E-state index contributed by atoms with van der Waals surface area (Å²) in [7, 11) is 0. The Balaban J connectivity index is 1.96. The minimum atomic E-state index is -4.23. The molecule has 0 radical (unpaired) electrons. The van der Waals surface area contributed by atoms with Crippen molar-refractivity contribution < 1.29 is 13.2 Å². The fourth-order valence-corrected chi connectivity index (χ4v) is 2.69. The van der Waals surface area contributed by atoms with Gasteiger partial charge < -0.3 is 5.32 Å². The molecule has 1 fully saturated rings. The molecule has 2 aliphatic rings. The highest BCUT2D eigenvalue weighted by Crippen LogP contribution is 2.48. The summed E-state index contributed by atoms with van der Waals surface area (Å²) < 4.78 is 40.1. The smallest absolute Gasteiger partial charge is 0.368 e. The summed E-state index contributed by atoms with van der Waals surface area (Å²) in [5, 5.41) is 7.26. The van der Waals surface area contributed by atoms with Crippen molar-refractivity contribution in [3.8, 4) is 0 Å². The molecule has 1 aliphatic carbocycles. The Morgan fingerprint density at radius 1 is 1.33 bits per heavy atom. The molecule has 100 valence electrons. The van der Waals surface area contributed by atoms with E-state index >= 15 is 0 Å². The van der Waals surface area contributed by atoms with Crippen LogP contribution < -0.4 is 5.32 Å². The van der Waals surface area contributed by atoms with Crippen molar-refractivity contribution in [3.63, 3.8) is 0 Å². The Hall–Kier alpha value is -1.20. The molecule has 1 N–H and O–H groups in total. The van der Waals surface area contributed by atoms with Gasteiger partial charge in [0.25, 0.3) is 0 Å². The highest BCUT2D eigenvalue weighted by molar-refractivity contribution is 5.42. The van der Waals surface area contributed by atoms with Crippen LogP contribution in [0.3, 0.4) is 0 Å². The van der Waals surface area contributed by atoms with E-state index in [9.17, 15) is 13.2 Å². The van der Waals surface area contributed by atoms with Crippen molar-refractivity contribution in [2.24, 2.45) is 5.92 Å². The van der Waals surface area contributed by atoms with E-state index < -0.39 is 12.2 Å². The SMILES string of the molecule is CC1CC(C(F)(F)F)n2nc(C3CC3C)cc2N1. The number of nitrogens with one attached hydrogen (secondary N) is 1. The van der Waals surface area contributed by atoms with Crippen LogP contribution in [0.25, 0.3) is 0 Å². The van der Waals surface area contributed by atoms with E-state index in [4.69, 9.17) is 0 Å². The maximum atomic E-state index is 13.0. The molecular formula is C12H16F3N3. The number of rotatable bonds is 1. The van der Waals surface area contributed by atoms with E-state index in [1.807, 2.05) is 0 Å². The molecule has 18 heavy (non-hydrogen) atoms. The van der Waals surface area contributed by atoms with Gasteiger partial charge in [0, 0.05) is 18.0 Å². The summed E-state index contributed by atoms with van der Waals surface area (Å²) in [6.07, 6.45) is -3.16. The molecule has 3 rings (SSSR count). The van der Waals surface area contributed by atoms with E-state index in [1.165, 1.54) is 0 Å². The van der Waals surface area contributed by atoms with Crippen LogP contribution in [0.1, 0.15) is 44.3 Å². The highest BCUT2D eigenvalue weighted by atomic mass is 19.4. The van der Waals surface area contributed by atoms with Gasteiger partial charge in [-0.05, 0) is 25.7 Å². The minimum absolute atomic E-state index is 0.0395. The Kier molecular flexibility index (Phi) is 2.40. The predicted octanol–water partition coefficient (Wildman–Crippen LogP) is 3.31. The van der Waals surface area contributed by atoms with E-state index in [2.05, 4.69) is 17.3 Å². The van der Waals surface area contributed by atoms with Crippen molar-refractivity contribution in [2.75, 3.05) is 5.32 Å². The molecule has 0 aromatic carbocycles. The average molecular weight is 259 g/mol. The van der Waals surface area contributed by atoms with E-state index in [-0.39, 0.29) is 12.5 Å². The first kappa shape index (κ1) is 11.9. The second-order valence-electron chi connectivity index (χ2n) is 5.56. The fraction of sp³-hybridized carbons (Fsp3) is 0.750. The summed E-state index contributed by atoms with van der Waals surface area (Å²) in [6, 6.07) is 0.111. The van der Waals surface area contributed by atoms with Gasteiger partial charge in [-0.15, -0.1) is 0 Å². The van der Waals surface area contributed by atoms with Crippen LogP contribution in [-0.4, -0.2) is 22.0 Å². The Labute approximate surface area is 103 Å². The van der Waals surface area contributed by atoms with Crippen molar-refractivity contribution in [2.45, 2.75) is 50.9 Å². The molecule has 1 saturated carbocycles. The van der Waals surface area contributed by atoms with Crippen LogP contribution in [0.15, 0.2) is 6.07 Å². The molecule has 0 bridgehead atoms. The number of fused-ring (bicyclic) bond motifs is 1. The molecule has 0 spiro atoms. The monoisotopic (exact) mass is 259 g/mol. The van der Waals surface area contributed by atoms with E-state index in [0.717, 1.165) is 16.8 Å². The molecule has 1 aromatic heterocycles. The quantitative estimate of drug-likeness (QED) is 0.838. The summed E-state index contributed by atoms with van der Waals surface area (Å²) in [5.41, 5.74) is 0.799. The van der Waals surface area contributed by atoms with Crippen LogP contribution in [-0.2, 0) is 0 Å². The van der Waals surface area contributed by atoms with Crippen LogP contribution >= 0.6 is 0 Å². The van der Waals surface area contributed by atoms with Crippen molar-refractivity contribution in [3.05, 3.63) is 11.8 Å². The van der Waals surface area contributed by atoms with Gasteiger partial charge in [-0.3, -0.25) is 0 Å². The lowest BCUT2D eigenvalue weighted by Gasteiger charge is -2.31. The second-order valence-corrected chi connectivity index (χ2v) is 5.56. The Bertz CT molecular complexity index is 466. The second kappa shape index (κ2) is 3.65. The van der Waals surface area contributed by atoms with Crippen molar-refractivity contribution in [1.82, 2.24) is 9.78 Å². The third kappa shape index (κ3) is 1.87. The maximum absolute atomic E-state index is 13.0. The first-order valence-corrected chi connectivity index (χ1v) is 6.29. The number of alkyl halides is 3. The topological polar surface area (TPSA) is 29.9 Å².